The van der Waals surface area contributed by atoms with E-state index in [1.54, 1.807) is 33.8 Å². The lowest BCUT2D eigenvalue weighted by Gasteiger charge is -2.38. The van der Waals surface area contributed by atoms with E-state index in [0.717, 1.165) is 6.26 Å². The summed E-state index contributed by atoms with van der Waals surface area (Å²) >= 11 is 0. The lowest BCUT2D eigenvalue weighted by atomic mass is 9.78. The van der Waals surface area contributed by atoms with E-state index in [9.17, 15) is 49.4 Å². The van der Waals surface area contributed by atoms with Crippen LogP contribution in [0, 0.1) is 40.7 Å². The average molecular weight is 741 g/mol. The van der Waals surface area contributed by atoms with Crippen LogP contribution in [0.3, 0.4) is 0 Å². The van der Waals surface area contributed by atoms with E-state index in [1.165, 1.54) is 53.0 Å². The monoisotopic (exact) mass is 740 g/mol. The van der Waals surface area contributed by atoms with Crippen LogP contribution in [0.4, 0.5) is 0 Å². The van der Waals surface area contributed by atoms with Gasteiger partial charge in [-0.1, -0.05) is 45.9 Å². The molecule has 9 atom stereocenters. The van der Waals surface area contributed by atoms with Gasteiger partial charge in [0.25, 0.3) is 17.5 Å². The number of esters is 1. The van der Waals surface area contributed by atoms with Crippen LogP contribution in [0.1, 0.15) is 85.1 Å². The number of carbonyl (C=O) groups is 5. The first-order valence-electron chi connectivity index (χ1n) is 16.9. The van der Waals surface area contributed by atoms with Crippen LogP contribution in [-0.2, 0) is 23.8 Å². The number of phenols is 1. The standard InChI is InChI=1S/C37H44N2O14/c1-15-11-10-12-16(2)36(47)38-26-27(39(48)49)32(45)23-24(31(26)44)30(43)20(6)34-25(23)35(46)37(8,53-34)51-14-13-22(50-9)17(3)33(52-21(7)40)19(5)29(42)18(4)28(15)41/h10-15,17-19,22,28-29,33,41-43H,1-9H3,(H,38,47)/b11-10+,14-13+,16-12-/t15-,17+,18+,19+,22-,28-,29+,33+,37-/m0/s1. The molecular formula is C37H44N2O14. The van der Waals surface area contributed by atoms with Gasteiger partial charge in [0, 0.05) is 55.8 Å². The molecule has 5 rings (SSSR count). The molecule has 286 valence electrons. The number of ether oxygens (including phenoxy) is 4. The molecule has 3 aliphatic heterocycles. The zero-order valence-corrected chi connectivity index (χ0v) is 30.8. The van der Waals surface area contributed by atoms with E-state index in [1.807, 2.05) is 0 Å². The number of amides is 1. The van der Waals surface area contributed by atoms with E-state index in [-0.39, 0.29) is 16.9 Å². The SMILES string of the molecule is CO[C@H]1/C=C/O[C@@]2(C)Oc3c(C)c(O)c4c(c3C2=O)C(=O)C([N+](=O)[O-])=C(NC(=O)/C(C)=C\C=C\[C@H](C)[C@H](O)[C@@H](C)[C@@H](O)[C@@H](C)[C@H](OC(C)=O)[C@@H]1C)C4=O. The Morgan fingerprint density at radius 2 is 1.60 bits per heavy atom. The molecule has 53 heavy (non-hydrogen) atoms. The molecule has 16 heteroatoms. The molecule has 0 saturated carbocycles. The Balaban J connectivity index is 1.91. The molecule has 1 aromatic rings. The number of ketones is 3. The highest BCUT2D eigenvalue weighted by atomic mass is 16.7. The van der Waals surface area contributed by atoms with Crippen molar-refractivity contribution in [3.63, 3.8) is 0 Å². The first-order chi connectivity index (χ1) is 24.7. The summed E-state index contributed by atoms with van der Waals surface area (Å²) in [5.41, 5.74) is -4.63. The highest BCUT2D eigenvalue weighted by molar-refractivity contribution is 6.32. The number of nitrogens with zero attached hydrogens (tertiary/aromatic N) is 1. The van der Waals surface area contributed by atoms with Crippen molar-refractivity contribution in [2.75, 3.05) is 7.11 Å². The summed E-state index contributed by atoms with van der Waals surface area (Å²) in [4.78, 5) is 78.2. The quantitative estimate of drug-likeness (QED) is 0.198. The van der Waals surface area contributed by atoms with Gasteiger partial charge in [-0.2, -0.15) is 0 Å². The van der Waals surface area contributed by atoms with Crippen molar-refractivity contribution in [1.82, 2.24) is 5.32 Å². The number of nitrogens with one attached hydrogen (secondary N) is 1. The number of benzene rings is 1. The first kappa shape index (κ1) is 40.6. The van der Waals surface area contributed by atoms with Gasteiger partial charge in [0.15, 0.2) is 5.70 Å². The molecule has 0 fully saturated rings. The second-order valence-corrected chi connectivity index (χ2v) is 13.8. The van der Waals surface area contributed by atoms with Crippen LogP contribution in [0.2, 0.25) is 0 Å². The van der Waals surface area contributed by atoms with E-state index in [0.29, 0.717) is 0 Å². The topological polar surface area (TPSA) is 238 Å². The second-order valence-electron chi connectivity index (χ2n) is 13.8. The number of rotatable bonds is 3. The number of allylic oxidation sites excluding steroid dienone is 4. The third kappa shape index (κ3) is 7.39. The molecule has 4 N–H and O–H groups in total. The third-order valence-electron chi connectivity index (χ3n) is 10.1. The van der Waals surface area contributed by atoms with Crippen molar-refractivity contribution in [3.05, 3.63) is 79.9 Å². The van der Waals surface area contributed by atoms with Crippen LogP contribution >= 0.6 is 0 Å². The molecule has 0 saturated heterocycles. The molecule has 0 spiro atoms. The summed E-state index contributed by atoms with van der Waals surface area (Å²) in [5, 5.41) is 48.1. The zero-order chi connectivity index (χ0) is 39.9. The number of Topliss-reactive ketones (excluding diaryl/α,β-unsaturated/α-hetero) is 3. The number of carbonyl (C=O) groups excluding carboxylic acids is 5. The fourth-order valence-electron chi connectivity index (χ4n) is 6.85. The molecule has 5 bridgehead atoms. The maximum Gasteiger partial charge on any atom is 0.344 e. The highest BCUT2D eigenvalue weighted by Crippen LogP contribution is 2.48. The van der Waals surface area contributed by atoms with Crippen LogP contribution in [0.25, 0.3) is 0 Å². The Hall–Kier alpha value is -5.19. The van der Waals surface area contributed by atoms with Gasteiger partial charge in [-0.05, 0) is 19.9 Å². The number of hydrogen-bond acceptors (Lipinski definition) is 14. The number of fused-ring (bicyclic) bond motifs is 14. The lowest BCUT2D eigenvalue weighted by molar-refractivity contribution is -0.417. The van der Waals surface area contributed by atoms with Crippen molar-refractivity contribution in [2.24, 2.45) is 23.7 Å². The summed E-state index contributed by atoms with van der Waals surface area (Å²) in [6.07, 6.45) is 2.61. The third-order valence-corrected chi connectivity index (χ3v) is 10.1. The summed E-state index contributed by atoms with van der Waals surface area (Å²) < 4.78 is 22.9. The number of phenolic OH excluding ortho intramolecular Hbond substituents is 1. The smallest absolute Gasteiger partial charge is 0.344 e. The summed E-state index contributed by atoms with van der Waals surface area (Å²) in [6, 6.07) is 0. The van der Waals surface area contributed by atoms with Crippen LogP contribution in [0.15, 0.2) is 47.5 Å². The summed E-state index contributed by atoms with van der Waals surface area (Å²) in [5.74, 6) is -11.5. The zero-order valence-electron chi connectivity index (χ0n) is 30.8. The van der Waals surface area contributed by atoms with Crippen molar-refractivity contribution in [1.29, 1.82) is 0 Å². The largest absolute Gasteiger partial charge is 0.507 e. The number of methoxy groups -OCH3 is 1. The van der Waals surface area contributed by atoms with Gasteiger partial charge in [-0.3, -0.25) is 34.1 Å². The summed E-state index contributed by atoms with van der Waals surface area (Å²) in [6.45, 7) is 11.7. The first-order valence-corrected chi connectivity index (χ1v) is 16.9. The fourth-order valence-corrected chi connectivity index (χ4v) is 6.85. The number of hydrogen-bond donors (Lipinski definition) is 4. The Morgan fingerprint density at radius 3 is 2.19 bits per heavy atom. The Kier molecular flexibility index (Phi) is 11.8. The van der Waals surface area contributed by atoms with Crippen LogP contribution in [-0.4, -0.2) is 86.8 Å². The Labute approximate surface area is 305 Å². The van der Waals surface area contributed by atoms with Crippen molar-refractivity contribution in [3.8, 4) is 11.5 Å². The number of aromatic hydroxyl groups is 1. The molecule has 0 radical (unpaired) electrons. The van der Waals surface area contributed by atoms with E-state index >= 15 is 0 Å². The second kappa shape index (κ2) is 15.4. The van der Waals surface area contributed by atoms with Crippen LogP contribution in [0.5, 0.6) is 11.5 Å². The number of aliphatic hydroxyl groups excluding tert-OH is 2. The normalized spacial score (nSPS) is 33.3. The molecular weight excluding hydrogens is 696 g/mol. The van der Waals surface area contributed by atoms with Gasteiger partial charge in [-0.15, -0.1) is 0 Å². The van der Waals surface area contributed by atoms with Gasteiger partial charge >= 0.3 is 17.5 Å². The Morgan fingerprint density at radius 1 is 0.962 bits per heavy atom. The Bertz CT molecular complexity index is 1880. The number of nitro groups is 1. The van der Waals surface area contributed by atoms with Crippen molar-refractivity contribution >= 4 is 29.2 Å². The predicted octanol–water partition coefficient (Wildman–Crippen LogP) is 3.23. The molecule has 16 nitrogen and oxygen atoms in total. The molecule has 1 aliphatic carbocycles. The fraction of sp³-hybridized carbons (Fsp3) is 0.486. The summed E-state index contributed by atoms with van der Waals surface area (Å²) in [7, 11) is 1.37. The molecule has 4 aliphatic rings. The maximum absolute atomic E-state index is 14.0. The minimum Gasteiger partial charge on any atom is -0.507 e. The average Bonchev–Trinajstić information content (AvgIpc) is 3.36. The predicted molar refractivity (Wildman–Crippen MR) is 185 cm³/mol. The molecule has 1 amide bonds. The minimum absolute atomic E-state index is 0.0647. The van der Waals surface area contributed by atoms with Crippen LogP contribution < -0.4 is 10.1 Å². The van der Waals surface area contributed by atoms with Gasteiger partial charge in [0.2, 0.25) is 5.78 Å². The van der Waals surface area contributed by atoms with E-state index < -0.39 is 122 Å². The van der Waals surface area contributed by atoms with E-state index in [4.69, 9.17) is 18.9 Å². The minimum atomic E-state index is -2.22. The lowest BCUT2D eigenvalue weighted by Crippen LogP contribution is -2.46. The molecule has 3 heterocycles. The van der Waals surface area contributed by atoms with Crippen molar-refractivity contribution < 1.29 is 63.2 Å². The van der Waals surface area contributed by atoms with Crippen molar-refractivity contribution in [2.45, 2.75) is 85.6 Å². The van der Waals surface area contributed by atoms with Gasteiger partial charge < -0.3 is 39.6 Å². The molecule has 0 unspecified atom stereocenters. The van der Waals surface area contributed by atoms with Gasteiger partial charge in [0.1, 0.15) is 17.6 Å². The molecule has 0 aromatic heterocycles. The maximum atomic E-state index is 14.0. The van der Waals surface area contributed by atoms with Gasteiger partial charge in [0.05, 0.1) is 46.2 Å². The number of aliphatic hydroxyl groups is 2. The highest BCUT2D eigenvalue weighted by Gasteiger charge is 2.54. The molecule has 1 aromatic carbocycles. The van der Waals surface area contributed by atoms with E-state index in [2.05, 4.69) is 5.32 Å². The van der Waals surface area contributed by atoms with Gasteiger partial charge in [-0.25, -0.2) is 0 Å².